The summed E-state index contributed by atoms with van der Waals surface area (Å²) in [5, 5.41) is 11.8. The molecule has 0 N–H and O–H groups in total. The summed E-state index contributed by atoms with van der Waals surface area (Å²) in [6, 6.07) is 14.3. The largest absolute Gasteiger partial charge is 0.365 e. The molecule has 2 aromatic rings. The molecule has 1 aliphatic carbocycles. The monoisotopic (exact) mass is 407 g/mol. The summed E-state index contributed by atoms with van der Waals surface area (Å²) in [5.41, 5.74) is 1.64. The van der Waals surface area contributed by atoms with Crippen LogP contribution in [-0.2, 0) is 16.1 Å². The number of anilines is 2. The van der Waals surface area contributed by atoms with Gasteiger partial charge in [0.15, 0.2) is 0 Å². The Labute approximate surface area is 175 Å². The number of nitro groups is 1. The fourth-order valence-corrected chi connectivity index (χ4v) is 4.71. The highest BCUT2D eigenvalue weighted by Crippen LogP contribution is 2.43. The molecule has 0 aromatic heterocycles. The van der Waals surface area contributed by atoms with Crippen molar-refractivity contribution in [2.45, 2.75) is 32.7 Å². The lowest BCUT2D eigenvalue weighted by Gasteiger charge is -2.25. The van der Waals surface area contributed by atoms with Gasteiger partial charge in [-0.2, -0.15) is 0 Å². The number of carbonyl (C=O) groups is 2. The number of rotatable bonds is 5. The third-order valence-electron chi connectivity index (χ3n) is 6.28. The molecule has 1 heterocycles. The Kier molecular flexibility index (Phi) is 5.28. The lowest BCUT2D eigenvalue weighted by Crippen LogP contribution is -2.31. The van der Waals surface area contributed by atoms with Crippen LogP contribution in [0.1, 0.15) is 31.7 Å². The molecule has 2 amide bonds. The van der Waals surface area contributed by atoms with Crippen LogP contribution in [-0.4, -0.2) is 23.8 Å². The van der Waals surface area contributed by atoms with E-state index in [9.17, 15) is 19.7 Å². The van der Waals surface area contributed by atoms with Crippen molar-refractivity contribution in [1.29, 1.82) is 0 Å². The Morgan fingerprint density at radius 1 is 1.07 bits per heavy atom. The van der Waals surface area contributed by atoms with Gasteiger partial charge in [-0.05, 0) is 42.9 Å². The first kappa shape index (κ1) is 20.1. The van der Waals surface area contributed by atoms with Crippen LogP contribution in [0.5, 0.6) is 0 Å². The lowest BCUT2D eigenvalue weighted by molar-refractivity contribution is -0.384. The molecular weight excluding hydrogens is 382 g/mol. The normalized spacial score (nSPS) is 23.4. The van der Waals surface area contributed by atoms with Crippen molar-refractivity contribution in [3.8, 4) is 0 Å². The third kappa shape index (κ3) is 3.56. The number of nitrogens with zero attached hydrogens (tertiary/aromatic N) is 3. The third-order valence-corrected chi connectivity index (χ3v) is 6.28. The van der Waals surface area contributed by atoms with Crippen LogP contribution in [0, 0.1) is 27.9 Å². The molecule has 0 unspecified atom stereocenters. The van der Waals surface area contributed by atoms with E-state index in [4.69, 9.17) is 0 Å². The fourth-order valence-electron chi connectivity index (χ4n) is 4.71. The Balaban J connectivity index is 1.64. The zero-order valence-corrected chi connectivity index (χ0v) is 17.2. The van der Waals surface area contributed by atoms with E-state index in [0.717, 1.165) is 12.0 Å². The Bertz CT molecular complexity index is 991. The van der Waals surface area contributed by atoms with Gasteiger partial charge < -0.3 is 4.90 Å². The molecule has 2 fully saturated rings. The molecule has 7 heteroatoms. The van der Waals surface area contributed by atoms with Gasteiger partial charge in [0.25, 0.3) is 5.69 Å². The van der Waals surface area contributed by atoms with Gasteiger partial charge >= 0.3 is 0 Å². The van der Waals surface area contributed by atoms with Crippen LogP contribution in [0.25, 0.3) is 0 Å². The summed E-state index contributed by atoms with van der Waals surface area (Å²) in [5.74, 6) is -0.645. The number of carbonyl (C=O) groups excluding carboxylic acids is 2. The van der Waals surface area contributed by atoms with E-state index in [2.05, 4.69) is 6.92 Å². The van der Waals surface area contributed by atoms with Crippen molar-refractivity contribution in [2.24, 2.45) is 17.8 Å². The second-order valence-electron chi connectivity index (χ2n) is 8.41. The van der Waals surface area contributed by atoms with E-state index >= 15 is 0 Å². The van der Waals surface area contributed by atoms with Crippen LogP contribution in [0.15, 0.2) is 48.5 Å². The van der Waals surface area contributed by atoms with Gasteiger partial charge in [-0.3, -0.25) is 19.7 Å². The molecule has 7 nitrogen and oxygen atoms in total. The SMILES string of the molecule is C[C@@H]1CC[C@H]2C(=O)N(c3ccc(N(C)Cc4ccccc4)c([N+](=O)[O-])c3)C(=O)[C@H]2C1. The minimum Gasteiger partial charge on any atom is -0.365 e. The van der Waals surface area contributed by atoms with E-state index in [1.54, 1.807) is 24.1 Å². The second kappa shape index (κ2) is 7.89. The maximum atomic E-state index is 13.0. The summed E-state index contributed by atoms with van der Waals surface area (Å²) in [6.07, 6.45) is 2.33. The van der Waals surface area contributed by atoms with Crippen molar-refractivity contribution >= 4 is 28.9 Å². The summed E-state index contributed by atoms with van der Waals surface area (Å²) < 4.78 is 0. The standard InChI is InChI=1S/C23H25N3O4/c1-15-8-10-18-19(12-15)23(28)25(22(18)27)17-9-11-20(21(13-17)26(29)30)24(2)14-16-6-4-3-5-7-16/h3-7,9,11,13,15,18-19H,8,10,12,14H2,1-2H3/t15-,18-,19+/m1/s1. The molecule has 3 atom stereocenters. The second-order valence-corrected chi connectivity index (χ2v) is 8.41. The van der Waals surface area contributed by atoms with Crippen LogP contribution >= 0.6 is 0 Å². The topological polar surface area (TPSA) is 83.8 Å². The molecule has 0 bridgehead atoms. The van der Waals surface area contributed by atoms with Crippen molar-refractivity contribution in [1.82, 2.24) is 0 Å². The van der Waals surface area contributed by atoms with Crippen molar-refractivity contribution < 1.29 is 14.5 Å². The summed E-state index contributed by atoms with van der Waals surface area (Å²) in [6.45, 7) is 2.60. The van der Waals surface area contributed by atoms with Gasteiger partial charge in [-0.15, -0.1) is 0 Å². The number of imide groups is 1. The number of amides is 2. The van der Waals surface area contributed by atoms with Crippen LogP contribution < -0.4 is 9.80 Å². The fraction of sp³-hybridized carbons (Fsp3) is 0.391. The Morgan fingerprint density at radius 3 is 2.47 bits per heavy atom. The molecule has 156 valence electrons. The van der Waals surface area contributed by atoms with E-state index in [1.165, 1.54) is 11.0 Å². The van der Waals surface area contributed by atoms with Gasteiger partial charge in [0, 0.05) is 19.7 Å². The van der Waals surface area contributed by atoms with Crippen molar-refractivity contribution in [2.75, 3.05) is 16.8 Å². The predicted octanol–water partition coefficient (Wildman–Crippen LogP) is 4.16. The molecule has 1 saturated carbocycles. The van der Waals surface area contributed by atoms with Crippen LogP contribution in [0.2, 0.25) is 0 Å². The number of nitro benzene ring substituents is 1. The first-order valence-corrected chi connectivity index (χ1v) is 10.3. The van der Waals surface area contributed by atoms with Gasteiger partial charge in [0.1, 0.15) is 5.69 Å². The van der Waals surface area contributed by atoms with Crippen LogP contribution in [0.3, 0.4) is 0 Å². The van der Waals surface area contributed by atoms with E-state index in [-0.39, 0.29) is 35.0 Å². The quantitative estimate of drug-likeness (QED) is 0.422. The highest BCUT2D eigenvalue weighted by molar-refractivity contribution is 6.22. The highest BCUT2D eigenvalue weighted by atomic mass is 16.6. The molecule has 30 heavy (non-hydrogen) atoms. The van der Waals surface area contributed by atoms with Crippen molar-refractivity contribution in [3.63, 3.8) is 0 Å². The average molecular weight is 407 g/mol. The van der Waals surface area contributed by atoms with E-state index in [1.807, 2.05) is 30.3 Å². The summed E-state index contributed by atoms with van der Waals surface area (Å²) in [4.78, 5) is 40.2. The molecule has 1 aliphatic heterocycles. The molecule has 2 aromatic carbocycles. The molecule has 0 radical (unpaired) electrons. The van der Waals surface area contributed by atoms with Gasteiger partial charge in [0.2, 0.25) is 11.8 Å². The molecule has 4 rings (SSSR count). The molecular formula is C23H25N3O4. The average Bonchev–Trinajstić information content (AvgIpc) is 2.98. The summed E-state index contributed by atoms with van der Waals surface area (Å²) in [7, 11) is 1.79. The van der Waals surface area contributed by atoms with E-state index < -0.39 is 4.92 Å². The first-order valence-electron chi connectivity index (χ1n) is 10.3. The van der Waals surface area contributed by atoms with Gasteiger partial charge in [0.05, 0.1) is 22.4 Å². The molecule has 0 spiro atoms. The zero-order valence-electron chi connectivity index (χ0n) is 17.2. The minimum atomic E-state index is -0.458. The van der Waals surface area contributed by atoms with Gasteiger partial charge in [-0.1, -0.05) is 37.3 Å². The maximum absolute atomic E-state index is 13.0. The smallest absolute Gasteiger partial charge is 0.294 e. The molecule has 2 aliphatic rings. The molecule has 1 saturated heterocycles. The minimum absolute atomic E-state index is 0.116. The number of hydrogen-bond donors (Lipinski definition) is 0. The van der Waals surface area contributed by atoms with E-state index in [0.29, 0.717) is 31.0 Å². The Morgan fingerprint density at radius 2 is 1.77 bits per heavy atom. The van der Waals surface area contributed by atoms with Crippen molar-refractivity contribution in [3.05, 3.63) is 64.2 Å². The lowest BCUT2D eigenvalue weighted by atomic mass is 9.76. The maximum Gasteiger partial charge on any atom is 0.294 e. The zero-order chi connectivity index (χ0) is 21.4. The number of hydrogen-bond acceptors (Lipinski definition) is 5. The number of benzene rings is 2. The predicted molar refractivity (Wildman–Crippen MR) is 114 cm³/mol. The van der Waals surface area contributed by atoms with Gasteiger partial charge in [-0.25, -0.2) is 4.90 Å². The number of fused-ring (bicyclic) bond motifs is 1. The first-order chi connectivity index (χ1) is 14.4. The summed E-state index contributed by atoms with van der Waals surface area (Å²) >= 11 is 0. The Hall–Kier alpha value is -3.22. The highest BCUT2D eigenvalue weighted by Gasteiger charge is 2.50. The van der Waals surface area contributed by atoms with Crippen LogP contribution in [0.4, 0.5) is 17.1 Å².